The second kappa shape index (κ2) is 6.73. The van der Waals surface area contributed by atoms with Crippen LogP contribution in [-0.2, 0) is 0 Å². The molecule has 6 heteroatoms. The molecule has 0 radical (unpaired) electrons. The molecule has 108 valence electrons. The van der Waals surface area contributed by atoms with Crippen LogP contribution in [-0.4, -0.2) is 54.5 Å². The number of halogens is 3. The van der Waals surface area contributed by atoms with Gasteiger partial charge in [0.1, 0.15) is 0 Å². The van der Waals surface area contributed by atoms with E-state index in [4.69, 9.17) is 5.11 Å². The van der Waals surface area contributed by atoms with Gasteiger partial charge in [-0.2, -0.15) is 13.2 Å². The van der Waals surface area contributed by atoms with E-state index in [9.17, 15) is 13.2 Å². The van der Waals surface area contributed by atoms with Gasteiger partial charge in [-0.3, -0.25) is 0 Å². The Balaban J connectivity index is 2.34. The predicted octanol–water partition coefficient (Wildman–Crippen LogP) is 1.62. The maximum absolute atomic E-state index is 12.2. The lowest BCUT2D eigenvalue weighted by atomic mass is 9.91. The third-order valence-corrected chi connectivity index (χ3v) is 3.71. The molecule has 0 aliphatic carbocycles. The molecule has 0 aromatic rings. The number of aliphatic hydroxyl groups excluding tert-OH is 1. The average molecular weight is 268 g/mol. The van der Waals surface area contributed by atoms with E-state index in [1.807, 2.05) is 6.92 Å². The maximum Gasteiger partial charge on any atom is 0.415 e. The molecule has 1 aliphatic heterocycles. The van der Waals surface area contributed by atoms with Crippen molar-refractivity contribution >= 4 is 0 Å². The lowest BCUT2D eigenvalue weighted by molar-refractivity contribution is -0.202. The van der Waals surface area contributed by atoms with Crippen molar-refractivity contribution in [1.29, 1.82) is 0 Å². The molecule has 0 aromatic heterocycles. The Morgan fingerprint density at radius 3 is 2.67 bits per heavy atom. The Hall–Kier alpha value is -0.330. The van der Waals surface area contributed by atoms with Gasteiger partial charge in [-0.05, 0) is 38.8 Å². The van der Waals surface area contributed by atoms with E-state index in [1.165, 1.54) is 0 Å². The number of rotatable bonds is 5. The summed E-state index contributed by atoms with van der Waals surface area (Å²) in [6.45, 7) is 6.54. The molecular formula is C12H23F3N2O. The minimum Gasteiger partial charge on any atom is -0.382 e. The van der Waals surface area contributed by atoms with Gasteiger partial charge in [0.05, 0.1) is 0 Å². The largest absolute Gasteiger partial charge is 0.415 e. The molecule has 1 aliphatic rings. The lowest BCUT2D eigenvalue weighted by Crippen LogP contribution is -2.48. The highest BCUT2D eigenvalue weighted by Crippen LogP contribution is 2.21. The lowest BCUT2D eigenvalue weighted by Gasteiger charge is -2.35. The zero-order valence-electron chi connectivity index (χ0n) is 11.0. The highest BCUT2D eigenvalue weighted by molar-refractivity contribution is 4.81. The number of hydrogen-bond donors (Lipinski definition) is 2. The van der Waals surface area contributed by atoms with Crippen LogP contribution >= 0.6 is 0 Å². The first kappa shape index (κ1) is 15.7. The van der Waals surface area contributed by atoms with Crippen LogP contribution in [0.3, 0.4) is 0 Å². The van der Waals surface area contributed by atoms with E-state index in [1.54, 1.807) is 0 Å². The van der Waals surface area contributed by atoms with E-state index >= 15 is 0 Å². The first-order chi connectivity index (χ1) is 8.34. The number of nitrogens with one attached hydrogen (secondary N) is 1. The summed E-state index contributed by atoms with van der Waals surface area (Å²) in [5, 5.41) is 11.7. The summed E-state index contributed by atoms with van der Waals surface area (Å²) in [5.41, 5.74) is 0. The molecule has 3 nitrogen and oxygen atoms in total. The molecular weight excluding hydrogens is 245 g/mol. The smallest absolute Gasteiger partial charge is 0.382 e. The number of alkyl halides is 3. The van der Waals surface area contributed by atoms with Crippen molar-refractivity contribution in [2.75, 3.05) is 26.2 Å². The Morgan fingerprint density at radius 2 is 2.11 bits per heavy atom. The SMILES string of the molecule is CCN1CCCC(C(C)NCC(O)C(F)(F)F)C1. The molecule has 1 rings (SSSR count). The van der Waals surface area contributed by atoms with Gasteiger partial charge in [0.15, 0.2) is 6.10 Å². The monoisotopic (exact) mass is 268 g/mol. The Kier molecular flexibility index (Phi) is 5.88. The van der Waals surface area contributed by atoms with Crippen LogP contribution < -0.4 is 5.32 Å². The van der Waals surface area contributed by atoms with Crippen LogP contribution in [0.1, 0.15) is 26.7 Å². The molecule has 1 fully saturated rings. The average Bonchev–Trinajstić information content (AvgIpc) is 2.34. The number of aliphatic hydroxyl groups is 1. The number of hydrogen-bond acceptors (Lipinski definition) is 3. The molecule has 1 heterocycles. The zero-order valence-corrected chi connectivity index (χ0v) is 11.0. The van der Waals surface area contributed by atoms with E-state index in [-0.39, 0.29) is 6.04 Å². The van der Waals surface area contributed by atoms with Crippen molar-refractivity contribution in [1.82, 2.24) is 10.2 Å². The molecule has 3 unspecified atom stereocenters. The molecule has 3 atom stereocenters. The number of likely N-dealkylation sites (tertiary alicyclic amines) is 1. The standard InChI is InChI=1S/C12H23F3N2O/c1-3-17-6-4-5-10(8-17)9(2)16-7-11(18)12(13,14)15/h9-11,16,18H,3-8H2,1-2H3. The van der Waals surface area contributed by atoms with Crippen LogP contribution in [0.4, 0.5) is 13.2 Å². The fraction of sp³-hybridized carbons (Fsp3) is 1.00. The second-order valence-corrected chi connectivity index (χ2v) is 5.05. The molecule has 0 saturated carbocycles. The summed E-state index contributed by atoms with van der Waals surface area (Å²) in [4.78, 5) is 2.31. The van der Waals surface area contributed by atoms with Gasteiger partial charge >= 0.3 is 6.18 Å². The molecule has 2 N–H and O–H groups in total. The summed E-state index contributed by atoms with van der Waals surface area (Å²) in [5.74, 6) is 0.360. The van der Waals surface area contributed by atoms with Crippen molar-refractivity contribution < 1.29 is 18.3 Å². The van der Waals surface area contributed by atoms with Crippen molar-refractivity contribution in [3.63, 3.8) is 0 Å². The topological polar surface area (TPSA) is 35.5 Å². The third kappa shape index (κ3) is 4.74. The van der Waals surface area contributed by atoms with Gasteiger partial charge in [-0.15, -0.1) is 0 Å². The maximum atomic E-state index is 12.2. The fourth-order valence-electron chi connectivity index (χ4n) is 2.37. The minimum atomic E-state index is -4.53. The van der Waals surface area contributed by atoms with Gasteiger partial charge < -0.3 is 15.3 Å². The molecule has 18 heavy (non-hydrogen) atoms. The fourth-order valence-corrected chi connectivity index (χ4v) is 2.37. The third-order valence-electron chi connectivity index (χ3n) is 3.71. The van der Waals surface area contributed by atoms with Crippen LogP contribution in [0.25, 0.3) is 0 Å². The van der Waals surface area contributed by atoms with Crippen molar-refractivity contribution in [2.24, 2.45) is 5.92 Å². The minimum absolute atomic E-state index is 0.00338. The Morgan fingerprint density at radius 1 is 1.44 bits per heavy atom. The van der Waals surface area contributed by atoms with Crippen LogP contribution in [0, 0.1) is 5.92 Å². The van der Waals surface area contributed by atoms with Crippen molar-refractivity contribution in [3.05, 3.63) is 0 Å². The van der Waals surface area contributed by atoms with Gasteiger partial charge in [0, 0.05) is 19.1 Å². The van der Waals surface area contributed by atoms with Gasteiger partial charge in [0.25, 0.3) is 0 Å². The van der Waals surface area contributed by atoms with Crippen molar-refractivity contribution in [3.8, 4) is 0 Å². The molecule has 1 saturated heterocycles. The summed E-state index contributed by atoms with van der Waals surface area (Å²) in [6, 6.07) is -0.00338. The zero-order chi connectivity index (χ0) is 13.8. The molecule has 0 bridgehead atoms. The second-order valence-electron chi connectivity index (χ2n) is 5.05. The molecule has 0 aromatic carbocycles. The van der Waals surface area contributed by atoms with Crippen LogP contribution in [0.5, 0.6) is 0 Å². The predicted molar refractivity (Wildman–Crippen MR) is 64.4 cm³/mol. The van der Waals surface area contributed by atoms with Crippen molar-refractivity contribution in [2.45, 2.75) is 45.0 Å². The van der Waals surface area contributed by atoms with E-state index in [2.05, 4.69) is 17.1 Å². The highest BCUT2D eigenvalue weighted by Gasteiger charge is 2.38. The molecule has 0 spiro atoms. The first-order valence-corrected chi connectivity index (χ1v) is 6.55. The van der Waals surface area contributed by atoms with Gasteiger partial charge in [-0.1, -0.05) is 6.92 Å². The summed E-state index contributed by atoms with van der Waals surface area (Å²) in [6.07, 6.45) is -4.68. The summed E-state index contributed by atoms with van der Waals surface area (Å²) >= 11 is 0. The summed E-state index contributed by atoms with van der Waals surface area (Å²) < 4.78 is 36.5. The first-order valence-electron chi connectivity index (χ1n) is 6.55. The van der Waals surface area contributed by atoms with E-state index in [0.717, 1.165) is 32.5 Å². The summed E-state index contributed by atoms with van der Waals surface area (Å²) in [7, 11) is 0. The highest BCUT2D eigenvalue weighted by atomic mass is 19.4. The molecule has 0 amide bonds. The van der Waals surface area contributed by atoms with E-state index < -0.39 is 18.8 Å². The van der Waals surface area contributed by atoms with Crippen LogP contribution in [0.15, 0.2) is 0 Å². The Bertz CT molecular complexity index is 248. The van der Waals surface area contributed by atoms with Crippen LogP contribution in [0.2, 0.25) is 0 Å². The normalized spacial score (nSPS) is 26.0. The number of nitrogens with zero attached hydrogens (tertiary/aromatic N) is 1. The number of piperidine rings is 1. The van der Waals surface area contributed by atoms with Gasteiger partial charge in [-0.25, -0.2) is 0 Å². The van der Waals surface area contributed by atoms with Gasteiger partial charge in [0.2, 0.25) is 0 Å². The Labute approximate surface area is 106 Å². The van der Waals surface area contributed by atoms with E-state index in [0.29, 0.717) is 5.92 Å². The quantitative estimate of drug-likeness (QED) is 0.795.